The third-order valence-electron chi connectivity index (χ3n) is 5.49. The maximum atomic E-state index is 13.2. The number of benzene rings is 1. The Balaban J connectivity index is 2.03. The van der Waals surface area contributed by atoms with Gasteiger partial charge in [0.15, 0.2) is 0 Å². The van der Waals surface area contributed by atoms with E-state index in [-0.39, 0.29) is 33.1 Å². The Kier molecular flexibility index (Phi) is 5.59. The van der Waals surface area contributed by atoms with Crippen LogP contribution in [-0.4, -0.2) is 46.4 Å². The van der Waals surface area contributed by atoms with Gasteiger partial charge in [-0.15, -0.1) is 0 Å². The van der Waals surface area contributed by atoms with E-state index in [2.05, 4.69) is 12.0 Å². The van der Waals surface area contributed by atoms with Crippen molar-refractivity contribution in [3.8, 4) is 0 Å². The lowest BCUT2D eigenvalue weighted by Crippen LogP contribution is -2.38. The molecule has 1 fully saturated rings. The molecule has 2 aromatic rings. The molecular weight excluding hydrogens is 396 g/mol. The van der Waals surface area contributed by atoms with Crippen molar-refractivity contribution in [2.45, 2.75) is 45.4 Å². The molecule has 10 heteroatoms. The SMILES string of the molecule is Cc1nn(C(=O)c2cccc([N+](=O)[O-])c2C)c(C)c1S(=O)(=O)N1CCC(C)CC1. The van der Waals surface area contributed by atoms with Crippen molar-refractivity contribution in [2.24, 2.45) is 5.92 Å². The van der Waals surface area contributed by atoms with Crippen molar-refractivity contribution >= 4 is 21.6 Å². The predicted molar refractivity (Wildman–Crippen MR) is 106 cm³/mol. The Labute approximate surface area is 169 Å². The lowest BCUT2D eigenvalue weighted by molar-refractivity contribution is -0.385. The molecule has 0 atom stereocenters. The fourth-order valence-electron chi connectivity index (χ4n) is 3.72. The molecule has 0 bridgehead atoms. The van der Waals surface area contributed by atoms with E-state index >= 15 is 0 Å². The number of hydrogen-bond acceptors (Lipinski definition) is 6. The lowest BCUT2D eigenvalue weighted by Gasteiger charge is -2.29. The van der Waals surface area contributed by atoms with Gasteiger partial charge in [0.2, 0.25) is 10.0 Å². The Bertz CT molecular complexity index is 1080. The third-order valence-corrected chi connectivity index (χ3v) is 7.64. The van der Waals surface area contributed by atoms with E-state index in [0.29, 0.717) is 19.0 Å². The van der Waals surface area contributed by atoms with E-state index in [0.717, 1.165) is 17.5 Å². The summed E-state index contributed by atoms with van der Waals surface area (Å²) in [5.41, 5.74) is 0.590. The van der Waals surface area contributed by atoms with E-state index in [9.17, 15) is 23.3 Å². The number of aryl methyl sites for hydroxylation is 1. The summed E-state index contributed by atoms with van der Waals surface area (Å²) in [7, 11) is -3.78. The number of nitro benzene ring substituents is 1. The molecule has 3 rings (SSSR count). The van der Waals surface area contributed by atoms with Gasteiger partial charge in [0.25, 0.3) is 11.6 Å². The van der Waals surface area contributed by atoms with Crippen LogP contribution >= 0.6 is 0 Å². The zero-order chi connectivity index (χ0) is 21.5. The van der Waals surface area contributed by atoms with E-state index in [4.69, 9.17) is 0 Å². The molecule has 29 heavy (non-hydrogen) atoms. The largest absolute Gasteiger partial charge is 0.278 e. The molecule has 0 aliphatic carbocycles. The monoisotopic (exact) mass is 420 g/mol. The van der Waals surface area contributed by atoms with E-state index in [1.54, 1.807) is 6.92 Å². The number of carbonyl (C=O) groups is 1. The maximum absolute atomic E-state index is 13.2. The molecule has 0 unspecified atom stereocenters. The molecule has 1 aliphatic heterocycles. The molecule has 0 N–H and O–H groups in total. The van der Waals surface area contributed by atoms with Crippen LogP contribution in [0, 0.1) is 36.8 Å². The number of nitro groups is 1. The second-order valence-corrected chi connectivity index (χ2v) is 9.39. The quantitative estimate of drug-likeness (QED) is 0.555. The fraction of sp³-hybridized carbons (Fsp3) is 0.474. The van der Waals surface area contributed by atoms with Crippen LogP contribution in [0.25, 0.3) is 0 Å². The lowest BCUT2D eigenvalue weighted by atomic mass is 10.0. The molecule has 1 saturated heterocycles. The molecule has 0 saturated carbocycles. The number of piperidine rings is 1. The minimum absolute atomic E-state index is 0.0310. The zero-order valence-electron chi connectivity index (χ0n) is 16.9. The van der Waals surface area contributed by atoms with Crippen molar-refractivity contribution in [1.82, 2.24) is 14.1 Å². The average Bonchev–Trinajstić information content (AvgIpc) is 2.96. The smallest absolute Gasteiger partial charge is 0.267 e. The zero-order valence-corrected chi connectivity index (χ0v) is 17.7. The van der Waals surface area contributed by atoms with E-state index in [1.165, 1.54) is 36.4 Å². The van der Waals surface area contributed by atoms with Gasteiger partial charge in [-0.1, -0.05) is 13.0 Å². The van der Waals surface area contributed by atoms with E-state index in [1.807, 2.05) is 0 Å². The van der Waals surface area contributed by atoms with Gasteiger partial charge >= 0.3 is 0 Å². The Morgan fingerprint density at radius 1 is 1.21 bits per heavy atom. The minimum atomic E-state index is -3.78. The fourth-order valence-corrected chi connectivity index (χ4v) is 5.54. The molecule has 0 spiro atoms. The van der Waals surface area contributed by atoms with Gasteiger partial charge in [-0.25, -0.2) is 8.42 Å². The Hall–Kier alpha value is -2.59. The van der Waals surface area contributed by atoms with Crippen LogP contribution in [0.3, 0.4) is 0 Å². The van der Waals surface area contributed by atoms with Crippen LogP contribution in [0.2, 0.25) is 0 Å². The van der Waals surface area contributed by atoms with Gasteiger partial charge in [0.1, 0.15) is 4.90 Å². The van der Waals surface area contributed by atoms with Gasteiger partial charge in [0.05, 0.1) is 21.9 Å². The highest BCUT2D eigenvalue weighted by Crippen LogP contribution is 2.29. The Morgan fingerprint density at radius 3 is 2.41 bits per heavy atom. The average molecular weight is 420 g/mol. The van der Waals surface area contributed by atoms with Crippen LogP contribution in [0.5, 0.6) is 0 Å². The van der Waals surface area contributed by atoms with Gasteiger partial charge in [-0.05, 0) is 45.6 Å². The summed E-state index contributed by atoms with van der Waals surface area (Å²) < 4.78 is 28.9. The van der Waals surface area contributed by atoms with Crippen molar-refractivity contribution < 1.29 is 18.1 Å². The summed E-state index contributed by atoms with van der Waals surface area (Å²) in [6, 6.07) is 4.22. The van der Waals surface area contributed by atoms with Crippen molar-refractivity contribution in [3.05, 3.63) is 50.8 Å². The minimum Gasteiger partial charge on any atom is -0.267 e. The number of carbonyl (C=O) groups excluding carboxylic acids is 1. The highest BCUT2D eigenvalue weighted by atomic mass is 32.2. The van der Waals surface area contributed by atoms with Crippen LogP contribution in [-0.2, 0) is 10.0 Å². The molecule has 9 nitrogen and oxygen atoms in total. The van der Waals surface area contributed by atoms with Crippen molar-refractivity contribution in [1.29, 1.82) is 0 Å². The predicted octanol–water partition coefficient (Wildman–Crippen LogP) is 2.83. The second-order valence-electron chi connectivity index (χ2n) is 7.51. The number of rotatable bonds is 4. The number of aromatic nitrogens is 2. The summed E-state index contributed by atoms with van der Waals surface area (Å²) in [5.74, 6) is -0.120. The standard InChI is InChI=1S/C19H24N4O5S/c1-12-8-10-21(11-9-12)29(27,28)18-14(3)20-22(15(18)4)19(24)16-6-5-7-17(13(16)2)23(25)26/h5-7,12H,8-11H2,1-4H3. The van der Waals surface area contributed by atoms with Crippen molar-refractivity contribution in [2.75, 3.05) is 13.1 Å². The third kappa shape index (κ3) is 3.69. The molecule has 0 amide bonds. The van der Waals surface area contributed by atoms with Crippen molar-refractivity contribution in [3.63, 3.8) is 0 Å². The van der Waals surface area contributed by atoms with Gasteiger partial charge < -0.3 is 0 Å². The summed E-state index contributed by atoms with van der Waals surface area (Å²) in [6.07, 6.45) is 1.58. The summed E-state index contributed by atoms with van der Waals surface area (Å²) in [6.45, 7) is 7.54. The maximum Gasteiger partial charge on any atom is 0.278 e. The molecule has 1 aromatic carbocycles. The molecule has 1 aliphatic rings. The first-order valence-electron chi connectivity index (χ1n) is 9.40. The van der Waals surface area contributed by atoms with Gasteiger partial charge in [-0.2, -0.15) is 14.1 Å². The first-order valence-corrected chi connectivity index (χ1v) is 10.8. The molecule has 0 radical (unpaired) electrons. The van der Waals surface area contributed by atoms with Crippen LogP contribution in [0.15, 0.2) is 23.1 Å². The first-order chi connectivity index (χ1) is 13.6. The second kappa shape index (κ2) is 7.68. The highest BCUT2D eigenvalue weighted by Gasteiger charge is 2.34. The molecule has 1 aromatic heterocycles. The number of sulfonamides is 1. The topological polar surface area (TPSA) is 115 Å². The molecule has 156 valence electrons. The highest BCUT2D eigenvalue weighted by molar-refractivity contribution is 7.89. The first kappa shape index (κ1) is 21.1. The van der Waals surface area contributed by atoms with Gasteiger partial charge in [-0.3, -0.25) is 14.9 Å². The summed E-state index contributed by atoms with van der Waals surface area (Å²) >= 11 is 0. The number of hydrogen-bond donors (Lipinski definition) is 0. The van der Waals surface area contributed by atoms with E-state index < -0.39 is 20.9 Å². The van der Waals surface area contributed by atoms with Crippen LogP contribution in [0.4, 0.5) is 5.69 Å². The Morgan fingerprint density at radius 2 is 1.83 bits per heavy atom. The van der Waals surface area contributed by atoms with Crippen LogP contribution < -0.4 is 0 Å². The molecule has 2 heterocycles. The molecular formula is C19H24N4O5S. The normalized spacial score (nSPS) is 16.1. The summed E-state index contributed by atoms with van der Waals surface area (Å²) in [5, 5.41) is 15.3. The number of nitrogens with zero attached hydrogens (tertiary/aromatic N) is 4. The van der Waals surface area contributed by atoms with Gasteiger partial charge in [0, 0.05) is 24.7 Å². The summed E-state index contributed by atoms with van der Waals surface area (Å²) in [4.78, 5) is 23.7. The van der Waals surface area contributed by atoms with Crippen LogP contribution in [0.1, 0.15) is 47.1 Å².